The predicted octanol–water partition coefficient (Wildman–Crippen LogP) is 1.95. The molecule has 0 spiro atoms. The molecule has 2 bridgehead atoms. The van der Waals surface area contributed by atoms with Gasteiger partial charge in [0.2, 0.25) is 6.41 Å². The Morgan fingerprint density at radius 2 is 2.08 bits per heavy atom. The molecule has 0 aromatic heterocycles. The molecule has 0 heterocycles. The summed E-state index contributed by atoms with van der Waals surface area (Å²) in [5.41, 5.74) is 0.0155. The summed E-state index contributed by atoms with van der Waals surface area (Å²) in [5, 5.41) is 2.97. The second-order valence-electron chi connectivity index (χ2n) is 5.27. The van der Waals surface area contributed by atoms with Gasteiger partial charge in [0.1, 0.15) is 0 Å². The molecule has 0 aliphatic heterocycles. The summed E-state index contributed by atoms with van der Waals surface area (Å²) in [4.78, 5) is 10.5. The highest BCUT2D eigenvalue weighted by Gasteiger charge is 2.46. The van der Waals surface area contributed by atoms with E-state index in [1.54, 1.807) is 0 Å². The lowest BCUT2D eigenvalue weighted by Crippen LogP contribution is -2.47. The summed E-state index contributed by atoms with van der Waals surface area (Å²) >= 11 is 0. The molecular weight excluding hydrogens is 162 g/mol. The van der Waals surface area contributed by atoms with E-state index < -0.39 is 0 Å². The molecule has 2 fully saturated rings. The maximum atomic E-state index is 10.5. The zero-order valence-electron chi connectivity index (χ0n) is 8.55. The normalized spacial score (nSPS) is 37.8. The van der Waals surface area contributed by atoms with Crippen LogP contribution in [0.25, 0.3) is 0 Å². The summed E-state index contributed by atoms with van der Waals surface area (Å²) in [6.07, 6.45) is 6.41. The van der Waals surface area contributed by atoms with Crippen LogP contribution in [0.15, 0.2) is 0 Å². The third-order valence-electron chi connectivity index (χ3n) is 4.10. The summed E-state index contributed by atoms with van der Waals surface area (Å²) < 4.78 is 0. The van der Waals surface area contributed by atoms with Crippen molar-refractivity contribution in [3.8, 4) is 0 Å². The SMILES string of the molecule is CC(C)(NC=O)C1CC2CCC1C2. The molecule has 2 saturated carbocycles. The Kier molecular flexibility index (Phi) is 2.09. The fraction of sp³-hybridized carbons (Fsp3) is 0.909. The molecule has 0 saturated heterocycles. The van der Waals surface area contributed by atoms with Crippen molar-refractivity contribution < 1.29 is 4.79 Å². The van der Waals surface area contributed by atoms with Gasteiger partial charge in [-0.15, -0.1) is 0 Å². The van der Waals surface area contributed by atoms with E-state index in [2.05, 4.69) is 19.2 Å². The molecule has 3 unspecified atom stereocenters. The monoisotopic (exact) mass is 181 g/mol. The van der Waals surface area contributed by atoms with Gasteiger partial charge in [-0.3, -0.25) is 4.79 Å². The minimum Gasteiger partial charge on any atom is -0.354 e. The van der Waals surface area contributed by atoms with Crippen LogP contribution < -0.4 is 5.32 Å². The van der Waals surface area contributed by atoms with Crippen LogP contribution in [0.2, 0.25) is 0 Å². The molecule has 2 nitrogen and oxygen atoms in total. The number of carbonyl (C=O) groups excluding carboxylic acids is 1. The van der Waals surface area contributed by atoms with E-state index in [0.717, 1.165) is 24.2 Å². The van der Waals surface area contributed by atoms with E-state index in [1.165, 1.54) is 25.7 Å². The number of amides is 1. The lowest BCUT2D eigenvalue weighted by molar-refractivity contribution is -0.111. The number of hydrogen-bond acceptors (Lipinski definition) is 1. The maximum absolute atomic E-state index is 10.5. The number of hydrogen-bond donors (Lipinski definition) is 1. The minimum absolute atomic E-state index is 0.0155. The fourth-order valence-electron chi connectivity index (χ4n) is 3.39. The average Bonchev–Trinajstić information content (AvgIpc) is 2.63. The smallest absolute Gasteiger partial charge is 0.207 e. The Morgan fingerprint density at radius 3 is 2.54 bits per heavy atom. The molecule has 2 rings (SSSR count). The van der Waals surface area contributed by atoms with Gasteiger partial charge in [-0.2, -0.15) is 0 Å². The Hall–Kier alpha value is -0.530. The summed E-state index contributed by atoms with van der Waals surface area (Å²) in [5.74, 6) is 2.56. The van der Waals surface area contributed by atoms with Gasteiger partial charge in [0.25, 0.3) is 0 Å². The third kappa shape index (κ3) is 1.47. The maximum Gasteiger partial charge on any atom is 0.207 e. The molecule has 1 N–H and O–H groups in total. The van der Waals surface area contributed by atoms with Crippen molar-refractivity contribution in [2.24, 2.45) is 17.8 Å². The average molecular weight is 181 g/mol. The van der Waals surface area contributed by atoms with Crippen LogP contribution in [-0.4, -0.2) is 11.9 Å². The van der Waals surface area contributed by atoms with Crippen LogP contribution in [0.1, 0.15) is 39.5 Å². The third-order valence-corrected chi connectivity index (χ3v) is 4.10. The molecule has 0 radical (unpaired) electrons. The van der Waals surface area contributed by atoms with Crippen molar-refractivity contribution in [2.45, 2.75) is 45.1 Å². The van der Waals surface area contributed by atoms with Gasteiger partial charge in [-0.25, -0.2) is 0 Å². The molecule has 2 aliphatic carbocycles. The van der Waals surface area contributed by atoms with Gasteiger partial charge < -0.3 is 5.32 Å². The standard InChI is InChI=1S/C11H19NO/c1-11(2,12-7-13)10-6-8-3-4-9(10)5-8/h7-10H,3-6H2,1-2H3,(H,12,13). The highest BCUT2D eigenvalue weighted by Crippen LogP contribution is 2.51. The second kappa shape index (κ2) is 3.00. The Morgan fingerprint density at radius 1 is 1.31 bits per heavy atom. The summed E-state index contributed by atoms with van der Waals surface area (Å²) in [7, 11) is 0. The molecule has 74 valence electrons. The molecule has 0 aromatic rings. The lowest BCUT2D eigenvalue weighted by Gasteiger charge is -2.36. The Labute approximate surface area is 80.1 Å². The predicted molar refractivity (Wildman–Crippen MR) is 52.2 cm³/mol. The molecule has 3 atom stereocenters. The van der Waals surface area contributed by atoms with E-state index >= 15 is 0 Å². The van der Waals surface area contributed by atoms with Crippen LogP contribution in [0.5, 0.6) is 0 Å². The quantitative estimate of drug-likeness (QED) is 0.662. The van der Waals surface area contributed by atoms with Gasteiger partial charge in [0.15, 0.2) is 0 Å². The van der Waals surface area contributed by atoms with E-state index in [9.17, 15) is 4.79 Å². The van der Waals surface area contributed by atoms with Crippen LogP contribution in [-0.2, 0) is 4.79 Å². The number of rotatable bonds is 3. The van der Waals surface area contributed by atoms with Crippen LogP contribution >= 0.6 is 0 Å². The van der Waals surface area contributed by atoms with Gasteiger partial charge in [-0.1, -0.05) is 6.42 Å². The Balaban J connectivity index is 2.04. The van der Waals surface area contributed by atoms with Crippen molar-refractivity contribution in [2.75, 3.05) is 0 Å². The lowest BCUT2D eigenvalue weighted by atomic mass is 9.76. The van der Waals surface area contributed by atoms with Crippen molar-refractivity contribution in [3.63, 3.8) is 0 Å². The number of nitrogens with one attached hydrogen (secondary N) is 1. The Bertz CT molecular complexity index is 212. The zero-order chi connectivity index (χ0) is 9.47. The van der Waals surface area contributed by atoms with Gasteiger partial charge in [0.05, 0.1) is 0 Å². The minimum atomic E-state index is 0.0155. The first-order valence-electron chi connectivity index (χ1n) is 5.35. The number of carbonyl (C=O) groups is 1. The molecule has 0 aromatic carbocycles. The second-order valence-corrected chi connectivity index (χ2v) is 5.27. The number of fused-ring (bicyclic) bond motifs is 2. The van der Waals surface area contributed by atoms with E-state index in [4.69, 9.17) is 0 Å². The topological polar surface area (TPSA) is 29.1 Å². The van der Waals surface area contributed by atoms with Crippen LogP contribution in [0.4, 0.5) is 0 Å². The van der Waals surface area contributed by atoms with Crippen molar-refractivity contribution in [1.29, 1.82) is 0 Å². The van der Waals surface area contributed by atoms with Crippen molar-refractivity contribution in [3.05, 3.63) is 0 Å². The molecule has 1 amide bonds. The molecule has 2 aliphatic rings. The van der Waals surface area contributed by atoms with Gasteiger partial charge in [0, 0.05) is 5.54 Å². The first-order chi connectivity index (χ1) is 6.13. The first kappa shape index (κ1) is 9.04. The van der Waals surface area contributed by atoms with E-state index in [1.807, 2.05) is 0 Å². The largest absolute Gasteiger partial charge is 0.354 e. The summed E-state index contributed by atoms with van der Waals surface area (Å²) in [6, 6.07) is 0. The van der Waals surface area contributed by atoms with Gasteiger partial charge >= 0.3 is 0 Å². The highest BCUT2D eigenvalue weighted by atomic mass is 16.1. The van der Waals surface area contributed by atoms with Crippen molar-refractivity contribution >= 4 is 6.41 Å². The van der Waals surface area contributed by atoms with Crippen molar-refractivity contribution in [1.82, 2.24) is 5.32 Å². The molecular formula is C11H19NO. The molecule has 13 heavy (non-hydrogen) atoms. The van der Waals surface area contributed by atoms with Crippen LogP contribution in [0, 0.1) is 17.8 Å². The summed E-state index contributed by atoms with van der Waals surface area (Å²) in [6.45, 7) is 4.32. The molecule has 2 heteroatoms. The zero-order valence-corrected chi connectivity index (χ0v) is 8.55. The van der Waals surface area contributed by atoms with Gasteiger partial charge in [-0.05, 0) is 50.9 Å². The first-order valence-corrected chi connectivity index (χ1v) is 5.35. The van der Waals surface area contributed by atoms with E-state index in [0.29, 0.717) is 0 Å². The van der Waals surface area contributed by atoms with Crippen LogP contribution in [0.3, 0.4) is 0 Å². The fourth-order valence-corrected chi connectivity index (χ4v) is 3.39. The van der Waals surface area contributed by atoms with E-state index in [-0.39, 0.29) is 5.54 Å². The highest BCUT2D eigenvalue weighted by molar-refractivity contribution is 5.47.